The zero-order chi connectivity index (χ0) is 11.4. The van der Waals surface area contributed by atoms with Gasteiger partial charge in [0.15, 0.2) is 0 Å². The van der Waals surface area contributed by atoms with E-state index in [0.717, 1.165) is 12.8 Å². The minimum absolute atomic E-state index is 0.367. The number of carbonyl (C=O) groups excluding carboxylic acids is 1. The summed E-state index contributed by atoms with van der Waals surface area (Å²) in [6, 6.07) is 0.367. The first-order chi connectivity index (χ1) is 7.35. The molecule has 1 radical (unpaired) electrons. The molecule has 2 heteroatoms. The van der Waals surface area contributed by atoms with Gasteiger partial charge in [-0.05, 0) is 12.8 Å². The molecule has 0 aromatic carbocycles. The smallest absolute Gasteiger partial charge is 0.309 e. The zero-order valence-electron chi connectivity index (χ0n) is 10.3. The van der Waals surface area contributed by atoms with Gasteiger partial charge in [-0.2, -0.15) is 0 Å². The summed E-state index contributed by atoms with van der Waals surface area (Å²) in [6.45, 7) is 4.42. The Kier molecular flexibility index (Phi) is 11.1. The fraction of sp³-hybridized carbons (Fsp3) is 0.923. The normalized spacial score (nSPS) is 12.4. The second kappa shape index (κ2) is 11.5. The van der Waals surface area contributed by atoms with Gasteiger partial charge in [0.2, 0.25) is 0 Å². The minimum atomic E-state index is 0.367. The van der Waals surface area contributed by atoms with Gasteiger partial charge in [-0.3, -0.25) is 4.79 Å². The van der Waals surface area contributed by atoms with E-state index >= 15 is 0 Å². The van der Waals surface area contributed by atoms with Crippen molar-refractivity contribution in [2.24, 2.45) is 0 Å². The van der Waals surface area contributed by atoms with E-state index in [1.807, 2.05) is 6.41 Å². The third kappa shape index (κ3) is 9.77. The van der Waals surface area contributed by atoms with E-state index in [2.05, 4.69) is 19.2 Å². The number of unbranched alkanes of at least 4 members (excludes halogenated alkanes) is 5. The van der Waals surface area contributed by atoms with Gasteiger partial charge in [-0.15, -0.1) is 0 Å². The molecule has 0 aromatic heterocycles. The fourth-order valence-electron chi connectivity index (χ4n) is 1.83. The quantitative estimate of drug-likeness (QED) is 0.412. The van der Waals surface area contributed by atoms with Crippen LogP contribution in [-0.4, -0.2) is 12.5 Å². The molecule has 0 heterocycles. The molecular formula is C13H26NO. The second-order valence-electron chi connectivity index (χ2n) is 4.29. The third-order valence-corrected chi connectivity index (χ3v) is 2.83. The molecule has 0 aliphatic carbocycles. The average molecular weight is 212 g/mol. The van der Waals surface area contributed by atoms with Crippen LogP contribution in [0.4, 0.5) is 0 Å². The number of hydrogen-bond donors (Lipinski definition) is 1. The van der Waals surface area contributed by atoms with E-state index in [9.17, 15) is 4.79 Å². The van der Waals surface area contributed by atoms with Crippen molar-refractivity contribution in [3.8, 4) is 0 Å². The number of nitrogens with one attached hydrogen (secondary N) is 1. The molecule has 1 N–H and O–H groups in total. The van der Waals surface area contributed by atoms with Crippen LogP contribution in [0.5, 0.6) is 0 Å². The van der Waals surface area contributed by atoms with Crippen molar-refractivity contribution in [3.05, 3.63) is 0 Å². The largest absolute Gasteiger partial charge is 0.345 e. The Morgan fingerprint density at radius 2 is 1.47 bits per heavy atom. The lowest BCUT2D eigenvalue weighted by molar-refractivity contribution is 0.447. The van der Waals surface area contributed by atoms with Crippen LogP contribution in [0.3, 0.4) is 0 Å². The average Bonchev–Trinajstić information content (AvgIpc) is 2.24. The Morgan fingerprint density at radius 3 is 2.00 bits per heavy atom. The van der Waals surface area contributed by atoms with Crippen LogP contribution in [0, 0.1) is 0 Å². The van der Waals surface area contributed by atoms with Gasteiger partial charge < -0.3 is 5.32 Å². The Bertz CT molecular complexity index is 136. The summed E-state index contributed by atoms with van der Waals surface area (Å²) in [6.07, 6.45) is 12.9. The van der Waals surface area contributed by atoms with Gasteiger partial charge in [0, 0.05) is 6.04 Å². The van der Waals surface area contributed by atoms with Gasteiger partial charge in [0.05, 0.1) is 0 Å². The first-order valence-electron chi connectivity index (χ1n) is 6.47. The maximum absolute atomic E-state index is 10.3. The Labute approximate surface area is 94.8 Å². The van der Waals surface area contributed by atoms with Gasteiger partial charge in [0.1, 0.15) is 0 Å². The minimum Gasteiger partial charge on any atom is -0.345 e. The topological polar surface area (TPSA) is 29.1 Å². The van der Waals surface area contributed by atoms with Gasteiger partial charge in [-0.25, -0.2) is 0 Å². The molecular weight excluding hydrogens is 186 g/mol. The van der Waals surface area contributed by atoms with E-state index in [-0.39, 0.29) is 0 Å². The molecule has 0 saturated heterocycles. The molecule has 0 bridgehead atoms. The molecule has 89 valence electrons. The first-order valence-corrected chi connectivity index (χ1v) is 6.47. The fourth-order valence-corrected chi connectivity index (χ4v) is 1.83. The molecule has 2 nitrogen and oxygen atoms in total. The SMILES string of the molecule is CCCCCCC(CCCCC)N[C]=O. The van der Waals surface area contributed by atoms with Crippen LogP contribution in [0.1, 0.15) is 71.6 Å². The van der Waals surface area contributed by atoms with Crippen molar-refractivity contribution in [2.75, 3.05) is 0 Å². The Balaban J connectivity index is 3.48. The van der Waals surface area contributed by atoms with E-state index < -0.39 is 0 Å². The molecule has 1 atom stereocenters. The molecule has 0 rings (SSSR count). The molecule has 0 spiro atoms. The molecule has 0 fully saturated rings. The highest BCUT2D eigenvalue weighted by Gasteiger charge is 2.06. The molecule has 0 aromatic rings. The molecule has 1 unspecified atom stereocenters. The summed E-state index contributed by atoms with van der Waals surface area (Å²) in [5.41, 5.74) is 0. The molecule has 0 aliphatic heterocycles. The van der Waals surface area contributed by atoms with E-state index in [1.165, 1.54) is 44.9 Å². The summed E-state index contributed by atoms with van der Waals surface area (Å²) in [4.78, 5) is 10.3. The Hall–Kier alpha value is -0.530. The lowest BCUT2D eigenvalue weighted by atomic mass is 10.0. The molecule has 0 aliphatic rings. The van der Waals surface area contributed by atoms with Crippen molar-refractivity contribution in [3.63, 3.8) is 0 Å². The molecule has 15 heavy (non-hydrogen) atoms. The van der Waals surface area contributed by atoms with Crippen molar-refractivity contribution in [2.45, 2.75) is 77.7 Å². The number of hydrogen-bond acceptors (Lipinski definition) is 1. The Morgan fingerprint density at radius 1 is 0.933 bits per heavy atom. The van der Waals surface area contributed by atoms with Crippen LogP contribution >= 0.6 is 0 Å². The van der Waals surface area contributed by atoms with Crippen LogP contribution < -0.4 is 5.32 Å². The first kappa shape index (κ1) is 14.5. The number of rotatable bonds is 11. The summed E-state index contributed by atoms with van der Waals surface area (Å²) in [5.74, 6) is 0. The van der Waals surface area contributed by atoms with Gasteiger partial charge >= 0.3 is 6.41 Å². The summed E-state index contributed by atoms with van der Waals surface area (Å²) < 4.78 is 0. The van der Waals surface area contributed by atoms with E-state index in [0.29, 0.717) is 6.04 Å². The maximum Gasteiger partial charge on any atom is 0.309 e. The maximum atomic E-state index is 10.3. The van der Waals surface area contributed by atoms with Crippen LogP contribution in [-0.2, 0) is 4.79 Å². The summed E-state index contributed by atoms with van der Waals surface area (Å²) in [7, 11) is 0. The second-order valence-corrected chi connectivity index (χ2v) is 4.29. The monoisotopic (exact) mass is 212 g/mol. The van der Waals surface area contributed by atoms with Crippen LogP contribution in [0.15, 0.2) is 0 Å². The van der Waals surface area contributed by atoms with Gasteiger partial charge in [0.25, 0.3) is 0 Å². The highest BCUT2D eigenvalue weighted by molar-refractivity contribution is 5.47. The highest BCUT2D eigenvalue weighted by atomic mass is 16.1. The van der Waals surface area contributed by atoms with E-state index in [4.69, 9.17) is 0 Å². The van der Waals surface area contributed by atoms with Crippen LogP contribution in [0.25, 0.3) is 0 Å². The molecule has 0 saturated carbocycles. The predicted octanol–water partition coefficient (Wildman–Crippen LogP) is 3.56. The van der Waals surface area contributed by atoms with E-state index in [1.54, 1.807) is 0 Å². The zero-order valence-corrected chi connectivity index (χ0v) is 10.3. The van der Waals surface area contributed by atoms with Crippen molar-refractivity contribution in [1.29, 1.82) is 0 Å². The molecule has 1 amide bonds. The van der Waals surface area contributed by atoms with Gasteiger partial charge in [-0.1, -0.05) is 58.8 Å². The lowest BCUT2D eigenvalue weighted by Crippen LogP contribution is -2.27. The lowest BCUT2D eigenvalue weighted by Gasteiger charge is -2.14. The summed E-state index contributed by atoms with van der Waals surface area (Å²) in [5, 5.41) is 2.81. The van der Waals surface area contributed by atoms with Crippen molar-refractivity contribution in [1.82, 2.24) is 5.32 Å². The van der Waals surface area contributed by atoms with Crippen LogP contribution in [0.2, 0.25) is 0 Å². The standard InChI is InChI=1S/C13H26NO/c1-3-5-7-9-11-13(14-12-15)10-8-6-4-2/h13H,3-11H2,1-2H3,(H,14,15). The third-order valence-electron chi connectivity index (χ3n) is 2.83. The highest BCUT2D eigenvalue weighted by Crippen LogP contribution is 2.11. The number of amides is 1. The summed E-state index contributed by atoms with van der Waals surface area (Å²) >= 11 is 0. The van der Waals surface area contributed by atoms with Crippen molar-refractivity contribution < 1.29 is 4.79 Å². The predicted molar refractivity (Wildman–Crippen MR) is 65.5 cm³/mol. The van der Waals surface area contributed by atoms with Crippen molar-refractivity contribution >= 4 is 6.41 Å².